The number of aromatic nitrogens is 3. The van der Waals surface area contributed by atoms with E-state index in [1.54, 1.807) is 11.3 Å². The monoisotopic (exact) mass is 835 g/mol. The molecular formula is C58H33N3O2S. The summed E-state index contributed by atoms with van der Waals surface area (Å²) in [5.41, 5.74) is 14.9. The van der Waals surface area contributed by atoms with Crippen LogP contribution in [0.25, 0.3) is 137 Å². The fourth-order valence-electron chi connectivity index (χ4n) is 9.94. The van der Waals surface area contributed by atoms with Gasteiger partial charge in [0.1, 0.15) is 22.3 Å². The van der Waals surface area contributed by atoms with Gasteiger partial charge in [-0.3, -0.25) is 0 Å². The molecule has 5 nitrogen and oxygen atoms in total. The molecule has 0 atom stereocenters. The highest BCUT2D eigenvalue weighted by molar-refractivity contribution is 7.26. The van der Waals surface area contributed by atoms with Gasteiger partial charge in [0.2, 0.25) is 0 Å². The first-order valence-electron chi connectivity index (χ1n) is 21.5. The number of furan rings is 2. The van der Waals surface area contributed by atoms with Crippen molar-refractivity contribution in [3.63, 3.8) is 0 Å². The molecule has 0 saturated carbocycles. The number of benzene rings is 9. The molecule has 0 aliphatic rings. The molecule has 0 fully saturated rings. The number of fused-ring (bicyclic) bond motifs is 13. The first-order valence-corrected chi connectivity index (χ1v) is 22.3. The maximum absolute atomic E-state index is 6.96. The van der Waals surface area contributed by atoms with E-state index >= 15 is 0 Å². The molecule has 298 valence electrons. The van der Waals surface area contributed by atoms with Crippen molar-refractivity contribution in [2.24, 2.45) is 0 Å². The van der Waals surface area contributed by atoms with Crippen molar-refractivity contribution in [2.75, 3.05) is 0 Å². The van der Waals surface area contributed by atoms with Gasteiger partial charge < -0.3 is 13.4 Å². The van der Waals surface area contributed by atoms with Crippen LogP contribution in [0.2, 0.25) is 0 Å². The van der Waals surface area contributed by atoms with E-state index in [2.05, 4.69) is 187 Å². The molecule has 0 saturated heterocycles. The van der Waals surface area contributed by atoms with E-state index in [0.717, 1.165) is 126 Å². The summed E-state index contributed by atoms with van der Waals surface area (Å²) in [6.45, 7) is 0. The Bertz CT molecular complexity index is 4120. The van der Waals surface area contributed by atoms with Gasteiger partial charge in [0, 0.05) is 65.3 Å². The highest BCUT2D eigenvalue weighted by Crippen LogP contribution is 2.48. The summed E-state index contributed by atoms with van der Waals surface area (Å²) < 4.78 is 18.0. The molecule has 14 rings (SSSR count). The Morgan fingerprint density at radius 3 is 1.77 bits per heavy atom. The first kappa shape index (κ1) is 35.3. The molecule has 0 N–H and O–H groups in total. The normalized spacial score (nSPS) is 12.1. The van der Waals surface area contributed by atoms with Crippen molar-refractivity contribution in [2.45, 2.75) is 0 Å². The van der Waals surface area contributed by atoms with E-state index in [1.807, 2.05) is 18.2 Å². The van der Waals surface area contributed by atoms with E-state index < -0.39 is 0 Å². The summed E-state index contributed by atoms with van der Waals surface area (Å²) in [6, 6.07) is 70.8. The van der Waals surface area contributed by atoms with Gasteiger partial charge in [0.15, 0.2) is 5.82 Å². The van der Waals surface area contributed by atoms with E-state index in [9.17, 15) is 0 Å². The number of rotatable bonds is 5. The van der Waals surface area contributed by atoms with Gasteiger partial charge in [-0.1, -0.05) is 146 Å². The van der Waals surface area contributed by atoms with Gasteiger partial charge in [0.05, 0.1) is 38.0 Å². The van der Waals surface area contributed by atoms with Crippen LogP contribution in [-0.2, 0) is 0 Å². The molecule has 5 aromatic heterocycles. The third-order valence-corrected chi connectivity index (χ3v) is 14.0. The summed E-state index contributed by atoms with van der Waals surface area (Å²) in [6.07, 6.45) is 0. The number of nitrogens with zero attached hydrogens (tertiary/aromatic N) is 3. The Labute approximate surface area is 369 Å². The van der Waals surface area contributed by atoms with Crippen LogP contribution in [0.15, 0.2) is 209 Å². The second-order valence-electron chi connectivity index (χ2n) is 16.4. The van der Waals surface area contributed by atoms with Crippen molar-refractivity contribution in [1.82, 2.24) is 14.5 Å². The average Bonchev–Trinajstić information content (AvgIpc) is 4.12. The molecule has 0 unspecified atom stereocenters. The van der Waals surface area contributed by atoms with Crippen molar-refractivity contribution >= 4 is 97.3 Å². The Morgan fingerprint density at radius 1 is 0.406 bits per heavy atom. The second kappa shape index (κ2) is 13.6. The number of para-hydroxylation sites is 2. The van der Waals surface area contributed by atoms with Crippen LogP contribution in [0, 0.1) is 0 Å². The van der Waals surface area contributed by atoms with Crippen LogP contribution < -0.4 is 0 Å². The van der Waals surface area contributed by atoms with Crippen LogP contribution in [0.1, 0.15) is 0 Å². The predicted molar refractivity (Wildman–Crippen MR) is 266 cm³/mol. The van der Waals surface area contributed by atoms with Gasteiger partial charge in [-0.15, -0.1) is 11.3 Å². The zero-order valence-corrected chi connectivity index (χ0v) is 34.9. The minimum atomic E-state index is 0.705. The molecule has 0 bridgehead atoms. The Balaban J connectivity index is 1.10. The summed E-state index contributed by atoms with van der Waals surface area (Å²) in [4.78, 5) is 10.7. The lowest BCUT2D eigenvalue weighted by molar-refractivity contribution is 0.658. The molecule has 0 aliphatic heterocycles. The quantitative estimate of drug-likeness (QED) is 0.173. The lowest BCUT2D eigenvalue weighted by Crippen LogP contribution is -2.02. The summed E-state index contributed by atoms with van der Waals surface area (Å²) >= 11 is 1.75. The van der Waals surface area contributed by atoms with Gasteiger partial charge in [-0.05, 0) is 59.7 Å². The van der Waals surface area contributed by atoms with E-state index in [0.29, 0.717) is 5.82 Å². The predicted octanol–water partition coefficient (Wildman–Crippen LogP) is 16.4. The van der Waals surface area contributed by atoms with Crippen LogP contribution in [0.5, 0.6) is 0 Å². The summed E-state index contributed by atoms with van der Waals surface area (Å²) in [5.74, 6) is 0.705. The molecule has 5 heterocycles. The zero-order chi connectivity index (χ0) is 41.9. The fraction of sp³-hybridized carbons (Fsp3) is 0. The van der Waals surface area contributed by atoms with Crippen molar-refractivity contribution in [3.05, 3.63) is 200 Å². The topological polar surface area (TPSA) is 57.0 Å². The minimum absolute atomic E-state index is 0.705. The van der Waals surface area contributed by atoms with Crippen LogP contribution in [0.4, 0.5) is 0 Å². The Morgan fingerprint density at radius 2 is 1.02 bits per heavy atom. The number of hydrogen-bond acceptors (Lipinski definition) is 5. The van der Waals surface area contributed by atoms with Gasteiger partial charge in [-0.2, -0.15) is 0 Å². The minimum Gasteiger partial charge on any atom is -0.456 e. The standard InChI is InChI=1S/C58H33N3O2S/c1-4-16-34(17-5-1)42-30-37(53-57-54(41-24-12-15-27-51(41)64-57)60-58(59-53)36-20-8-3-9-21-36)31-43(35-18-6-2-7-19-35)55(42)61-46-25-13-10-23-40(46)52-47(61)29-28-39-45-32-44-38-22-11-14-26-48(38)62-49(44)33-50(45)63-56(39)52/h1-33H. The highest BCUT2D eigenvalue weighted by Gasteiger charge is 2.26. The lowest BCUT2D eigenvalue weighted by Gasteiger charge is -2.21. The summed E-state index contributed by atoms with van der Waals surface area (Å²) in [5, 5.41) is 7.65. The maximum Gasteiger partial charge on any atom is 0.160 e. The van der Waals surface area contributed by atoms with E-state index in [-0.39, 0.29) is 0 Å². The molecule has 0 radical (unpaired) electrons. The van der Waals surface area contributed by atoms with E-state index in [4.69, 9.17) is 18.8 Å². The lowest BCUT2D eigenvalue weighted by atomic mass is 9.91. The second-order valence-corrected chi connectivity index (χ2v) is 17.5. The fourth-order valence-corrected chi connectivity index (χ4v) is 11.1. The molecule has 0 amide bonds. The van der Waals surface area contributed by atoms with Gasteiger partial charge in [-0.25, -0.2) is 9.97 Å². The van der Waals surface area contributed by atoms with Crippen molar-refractivity contribution in [3.8, 4) is 50.6 Å². The average molecular weight is 836 g/mol. The molecule has 64 heavy (non-hydrogen) atoms. The molecule has 14 aromatic rings. The molecule has 9 aromatic carbocycles. The Kier molecular flexibility index (Phi) is 7.49. The SMILES string of the molecule is c1ccc(-c2nc(-c3cc(-c4ccccc4)c(-n4c5ccccc5c5c6oc7cc8oc9ccccc9c8cc7c6ccc54)c(-c4ccccc4)c3)c3sc4ccccc4c3n2)cc1. The number of thiophene rings is 1. The van der Waals surface area contributed by atoms with Crippen molar-refractivity contribution in [1.29, 1.82) is 0 Å². The number of hydrogen-bond donors (Lipinski definition) is 0. The zero-order valence-electron chi connectivity index (χ0n) is 34.1. The van der Waals surface area contributed by atoms with Crippen LogP contribution >= 0.6 is 11.3 Å². The van der Waals surface area contributed by atoms with Gasteiger partial charge in [0.25, 0.3) is 0 Å². The van der Waals surface area contributed by atoms with Crippen molar-refractivity contribution < 1.29 is 8.83 Å². The van der Waals surface area contributed by atoms with Gasteiger partial charge >= 0.3 is 0 Å². The highest BCUT2D eigenvalue weighted by atomic mass is 32.1. The largest absolute Gasteiger partial charge is 0.456 e. The first-order chi connectivity index (χ1) is 31.7. The third kappa shape index (κ3) is 5.17. The smallest absolute Gasteiger partial charge is 0.160 e. The molecule has 6 heteroatoms. The summed E-state index contributed by atoms with van der Waals surface area (Å²) in [7, 11) is 0. The molecule has 0 aliphatic carbocycles. The third-order valence-electron chi connectivity index (χ3n) is 12.8. The van der Waals surface area contributed by atoms with E-state index in [1.165, 1.54) is 4.70 Å². The molecule has 0 spiro atoms. The van der Waals surface area contributed by atoms with Crippen LogP contribution in [0.3, 0.4) is 0 Å². The van der Waals surface area contributed by atoms with Crippen LogP contribution in [-0.4, -0.2) is 14.5 Å². The maximum atomic E-state index is 6.96. The Hall–Kier alpha value is -8.32. The molecular weight excluding hydrogens is 803 g/mol.